The third-order valence-corrected chi connectivity index (χ3v) is 6.95. The van der Waals surface area contributed by atoms with Crippen LogP contribution < -0.4 is 5.32 Å². The number of imidazole rings is 1. The second-order valence-electron chi connectivity index (χ2n) is 7.57. The van der Waals surface area contributed by atoms with E-state index < -0.39 is 0 Å². The van der Waals surface area contributed by atoms with E-state index in [9.17, 15) is 4.79 Å². The standard InChI is InChI=1S/C23H29BrN4OS/c1-5-28(6-2)11-7-10-25-23(29)17-12-16(8-9-20(17)30)22-26-19-13-18(24)14(3)15(4)21(19)27-22/h8,12-13H,5-7,9-11H2,1-4H3,(H,25,29)(H,26,27). The molecule has 1 aliphatic rings. The van der Waals surface area contributed by atoms with E-state index in [1.807, 2.05) is 12.2 Å². The Morgan fingerprint density at radius 1 is 1.30 bits per heavy atom. The van der Waals surface area contributed by atoms with E-state index in [2.05, 4.69) is 64.9 Å². The van der Waals surface area contributed by atoms with E-state index in [1.54, 1.807) is 0 Å². The molecule has 0 spiro atoms. The van der Waals surface area contributed by atoms with Crippen LogP contribution in [0.15, 0.2) is 28.3 Å². The number of carbonyl (C=O) groups excluding carboxylic acids is 1. The quantitative estimate of drug-likeness (QED) is 0.410. The number of nitrogens with zero attached hydrogens (tertiary/aromatic N) is 2. The van der Waals surface area contributed by atoms with Crippen LogP contribution in [0.2, 0.25) is 0 Å². The van der Waals surface area contributed by atoms with Crippen molar-refractivity contribution in [3.05, 3.63) is 45.2 Å². The van der Waals surface area contributed by atoms with Gasteiger partial charge in [-0.25, -0.2) is 4.98 Å². The molecule has 30 heavy (non-hydrogen) atoms. The number of halogens is 1. The molecule has 0 unspecified atom stereocenters. The number of hydrogen-bond acceptors (Lipinski definition) is 4. The van der Waals surface area contributed by atoms with Crippen molar-refractivity contribution in [2.45, 2.75) is 40.5 Å². The first-order valence-electron chi connectivity index (χ1n) is 10.5. The van der Waals surface area contributed by atoms with Crippen LogP contribution in [0.1, 0.15) is 43.6 Å². The Bertz CT molecular complexity index is 1030. The first kappa shape index (κ1) is 22.8. The number of thiocarbonyl (C=S) groups is 1. The summed E-state index contributed by atoms with van der Waals surface area (Å²) in [5.41, 5.74) is 5.73. The number of aryl methyl sites for hydroxylation is 1. The molecule has 0 fully saturated rings. The summed E-state index contributed by atoms with van der Waals surface area (Å²) in [4.78, 5) is 24.0. The fraction of sp³-hybridized carbons (Fsp3) is 0.435. The summed E-state index contributed by atoms with van der Waals surface area (Å²) in [6.07, 6.45) is 5.39. The predicted molar refractivity (Wildman–Crippen MR) is 132 cm³/mol. The Morgan fingerprint density at radius 3 is 2.73 bits per heavy atom. The highest BCUT2D eigenvalue weighted by Crippen LogP contribution is 2.30. The van der Waals surface area contributed by atoms with Gasteiger partial charge in [0.25, 0.3) is 5.91 Å². The van der Waals surface area contributed by atoms with Gasteiger partial charge in [-0.1, -0.05) is 48.1 Å². The molecule has 1 heterocycles. The lowest BCUT2D eigenvalue weighted by Crippen LogP contribution is -2.32. The third kappa shape index (κ3) is 4.90. The fourth-order valence-electron chi connectivity index (χ4n) is 3.61. The van der Waals surface area contributed by atoms with Crippen LogP contribution >= 0.6 is 28.1 Å². The first-order chi connectivity index (χ1) is 14.3. The Balaban J connectivity index is 1.75. The highest BCUT2D eigenvalue weighted by Gasteiger charge is 2.20. The minimum Gasteiger partial charge on any atom is -0.352 e. The van der Waals surface area contributed by atoms with Crippen molar-refractivity contribution < 1.29 is 4.79 Å². The maximum atomic E-state index is 12.7. The zero-order valence-corrected chi connectivity index (χ0v) is 20.5. The number of fused-ring (bicyclic) bond motifs is 1. The molecule has 1 aromatic heterocycles. The van der Waals surface area contributed by atoms with Crippen LogP contribution in [0.25, 0.3) is 16.6 Å². The number of benzene rings is 1. The molecule has 160 valence electrons. The molecule has 0 saturated heterocycles. The number of aromatic amines is 1. The van der Waals surface area contributed by atoms with Crippen molar-refractivity contribution in [2.24, 2.45) is 0 Å². The van der Waals surface area contributed by atoms with Gasteiger partial charge in [0.2, 0.25) is 0 Å². The number of H-pyrrole nitrogens is 1. The van der Waals surface area contributed by atoms with Crippen molar-refractivity contribution in [3.63, 3.8) is 0 Å². The van der Waals surface area contributed by atoms with Crippen LogP contribution in [0.3, 0.4) is 0 Å². The Labute approximate surface area is 192 Å². The van der Waals surface area contributed by atoms with Gasteiger partial charge in [0.05, 0.1) is 16.6 Å². The topological polar surface area (TPSA) is 61.0 Å². The monoisotopic (exact) mass is 488 g/mol. The van der Waals surface area contributed by atoms with Gasteiger partial charge < -0.3 is 15.2 Å². The summed E-state index contributed by atoms with van der Waals surface area (Å²) in [5, 5.41) is 3.02. The zero-order valence-electron chi connectivity index (χ0n) is 18.1. The molecule has 0 radical (unpaired) electrons. The molecule has 7 heteroatoms. The van der Waals surface area contributed by atoms with Crippen LogP contribution in [0, 0.1) is 13.8 Å². The summed E-state index contributed by atoms with van der Waals surface area (Å²) >= 11 is 9.07. The van der Waals surface area contributed by atoms with Crippen LogP contribution in [0.4, 0.5) is 0 Å². The number of rotatable bonds is 8. The highest BCUT2D eigenvalue weighted by atomic mass is 79.9. The summed E-state index contributed by atoms with van der Waals surface area (Å²) in [6, 6.07) is 2.05. The second kappa shape index (κ2) is 9.98. The summed E-state index contributed by atoms with van der Waals surface area (Å²) in [7, 11) is 0. The van der Waals surface area contributed by atoms with Gasteiger partial charge in [0, 0.05) is 27.9 Å². The first-order valence-corrected chi connectivity index (χ1v) is 11.7. The molecular weight excluding hydrogens is 460 g/mol. The van der Waals surface area contributed by atoms with Gasteiger partial charge in [-0.3, -0.25) is 4.79 Å². The van der Waals surface area contributed by atoms with E-state index >= 15 is 0 Å². The van der Waals surface area contributed by atoms with E-state index in [-0.39, 0.29) is 5.91 Å². The number of carbonyl (C=O) groups is 1. The van der Waals surface area contributed by atoms with E-state index in [0.717, 1.165) is 58.5 Å². The largest absolute Gasteiger partial charge is 0.352 e. The number of amides is 1. The Kier molecular flexibility index (Phi) is 7.60. The number of aromatic nitrogens is 2. The average molecular weight is 489 g/mol. The molecule has 1 aromatic carbocycles. The summed E-state index contributed by atoms with van der Waals surface area (Å²) < 4.78 is 1.06. The third-order valence-electron chi connectivity index (χ3n) is 5.74. The fourth-order valence-corrected chi connectivity index (χ4v) is 4.37. The molecule has 0 saturated carbocycles. The summed E-state index contributed by atoms with van der Waals surface area (Å²) in [5.74, 6) is 0.663. The van der Waals surface area contributed by atoms with Gasteiger partial charge >= 0.3 is 0 Å². The lowest BCUT2D eigenvalue weighted by atomic mass is 9.98. The molecule has 2 aromatic rings. The maximum Gasteiger partial charge on any atom is 0.252 e. The van der Waals surface area contributed by atoms with Crippen molar-refractivity contribution in [2.75, 3.05) is 26.2 Å². The summed E-state index contributed by atoms with van der Waals surface area (Å²) in [6.45, 7) is 12.1. The molecule has 0 aliphatic heterocycles. The molecule has 0 bridgehead atoms. The normalized spacial score (nSPS) is 14.3. The molecule has 5 nitrogen and oxygen atoms in total. The van der Waals surface area contributed by atoms with Crippen molar-refractivity contribution >= 4 is 55.5 Å². The highest BCUT2D eigenvalue weighted by molar-refractivity contribution is 9.10. The van der Waals surface area contributed by atoms with Crippen molar-refractivity contribution in [1.29, 1.82) is 0 Å². The molecule has 1 aliphatic carbocycles. The molecule has 0 atom stereocenters. The minimum atomic E-state index is -0.101. The SMILES string of the molecule is CCN(CC)CCCNC(=O)C1=CC(c2nc3c(C)c(C)c(Br)cc3[nH]2)=CCC1=S. The molecular formula is C23H29BrN4OS. The molecule has 3 rings (SSSR count). The minimum absolute atomic E-state index is 0.101. The molecule has 1 amide bonds. The second-order valence-corrected chi connectivity index (χ2v) is 8.92. The Morgan fingerprint density at radius 2 is 2.03 bits per heavy atom. The number of hydrogen-bond donors (Lipinski definition) is 2. The zero-order chi connectivity index (χ0) is 21.8. The number of nitrogens with one attached hydrogen (secondary N) is 2. The van der Waals surface area contributed by atoms with Crippen LogP contribution in [-0.4, -0.2) is 51.8 Å². The average Bonchev–Trinajstić information content (AvgIpc) is 3.16. The van der Waals surface area contributed by atoms with Gasteiger partial charge in [-0.15, -0.1) is 0 Å². The maximum absolute atomic E-state index is 12.7. The smallest absolute Gasteiger partial charge is 0.252 e. The number of allylic oxidation sites excluding steroid dienone is 3. The lowest BCUT2D eigenvalue weighted by molar-refractivity contribution is -0.117. The van der Waals surface area contributed by atoms with Crippen LogP contribution in [0.5, 0.6) is 0 Å². The van der Waals surface area contributed by atoms with Crippen molar-refractivity contribution in [3.8, 4) is 0 Å². The van der Waals surface area contributed by atoms with Gasteiger partial charge in [0.1, 0.15) is 5.82 Å². The van der Waals surface area contributed by atoms with Gasteiger partial charge in [0.15, 0.2) is 0 Å². The molecule has 2 N–H and O–H groups in total. The van der Waals surface area contributed by atoms with E-state index in [1.165, 1.54) is 5.56 Å². The Hall–Kier alpha value is -1.83. The van der Waals surface area contributed by atoms with Gasteiger partial charge in [-0.2, -0.15) is 0 Å². The lowest BCUT2D eigenvalue weighted by Gasteiger charge is -2.18. The predicted octanol–water partition coefficient (Wildman–Crippen LogP) is 4.87. The van der Waals surface area contributed by atoms with Crippen molar-refractivity contribution in [1.82, 2.24) is 20.2 Å². The van der Waals surface area contributed by atoms with Crippen LogP contribution in [-0.2, 0) is 4.79 Å². The van der Waals surface area contributed by atoms with E-state index in [0.29, 0.717) is 23.4 Å². The van der Waals surface area contributed by atoms with Gasteiger partial charge in [-0.05, 0) is 63.2 Å². The van der Waals surface area contributed by atoms with E-state index in [4.69, 9.17) is 17.2 Å².